The highest BCUT2D eigenvalue weighted by molar-refractivity contribution is 7.73. The van der Waals surface area contributed by atoms with E-state index < -0.39 is 7.92 Å². The van der Waals surface area contributed by atoms with E-state index >= 15 is 0 Å². The molecule has 0 saturated heterocycles. The molecule has 2 atom stereocenters. The van der Waals surface area contributed by atoms with Crippen LogP contribution in [0.25, 0.3) is 0 Å². The van der Waals surface area contributed by atoms with Gasteiger partial charge < -0.3 is 9.80 Å². The minimum atomic E-state index is -0.549. The van der Waals surface area contributed by atoms with E-state index in [0.717, 1.165) is 12.8 Å². The Morgan fingerprint density at radius 3 is 1.16 bits per heavy atom. The summed E-state index contributed by atoms with van der Waals surface area (Å²) in [5, 5.41) is 2.96. The topological polar surface area (TPSA) is 8.88 Å². The Kier molecular flexibility index (Phi) is 9.91. The highest BCUT2D eigenvalue weighted by Crippen LogP contribution is 2.46. The van der Waals surface area contributed by atoms with E-state index in [9.17, 15) is 0 Å². The number of nitrogens with one attached hydrogen (secondary N) is 2. The lowest BCUT2D eigenvalue weighted by molar-refractivity contribution is -0.895. The van der Waals surface area contributed by atoms with E-state index in [1.54, 1.807) is 0 Å². The van der Waals surface area contributed by atoms with Gasteiger partial charge in [0.25, 0.3) is 0 Å². The molecule has 0 aromatic heterocycles. The molecule has 0 bridgehead atoms. The van der Waals surface area contributed by atoms with Crippen LogP contribution in [0.3, 0.4) is 0 Å². The molecular weight excluding hydrogens is 479 g/mol. The number of aryl methyl sites for hydroxylation is 2. The molecule has 2 unspecified atom stereocenters. The quantitative estimate of drug-likeness (QED) is 0.264. The second-order valence-electron chi connectivity index (χ2n) is 11.2. The standard InChI is InChI=1S/C35H43N2P/c1-27-17-21-29(22-18-27)34(36(3)4)25-33(26-35(37(5)6)30-23-19-28(2)20-24-30)38(31-13-9-7-10-14-31)32-15-11-8-12-16-32/h7-24,33-35H,25-26H2,1-6H3/p+2. The zero-order valence-corrected chi connectivity index (χ0v) is 24.9. The summed E-state index contributed by atoms with van der Waals surface area (Å²) in [5.41, 5.74) is 6.06. The highest BCUT2D eigenvalue weighted by atomic mass is 31.1. The second-order valence-corrected chi connectivity index (χ2v) is 13.8. The summed E-state index contributed by atoms with van der Waals surface area (Å²) in [4.78, 5) is 3.00. The molecule has 4 aromatic carbocycles. The van der Waals surface area contributed by atoms with Gasteiger partial charge in [0.2, 0.25) is 0 Å². The molecule has 38 heavy (non-hydrogen) atoms. The predicted molar refractivity (Wildman–Crippen MR) is 166 cm³/mol. The fourth-order valence-electron chi connectivity index (χ4n) is 5.61. The predicted octanol–water partition coefficient (Wildman–Crippen LogP) is 4.66. The maximum absolute atomic E-state index is 2.36. The monoisotopic (exact) mass is 524 g/mol. The number of hydrogen-bond donors (Lipinski definition) is 2. The maximum atomic E-state index is 2.36. The van der Waals surface area contributed by atoms with Crippen molar-refractivity contribution in [3.8, 4) is 0 Å². The van der Waals surface area contributed by atoms with Gasteiger partial charge in [0.05, 0.1) is 28.2 Å². The Morgan fingerprint density at radius 1 is 0.500 bits per heavy atom. The molecule has 2 N–H and O–H groups in total. The highest BCUT2D eigenvalue weighted by Gasteiger charge is 2.34. The van der Waals surface area contributed by atoms with Crippen molar-refractivity contribution in [1.29, 1.82) is 0 Å². The lowest BCUT2D eigenvalue weighted by Crippen LogP contribution is -3.06. The van der Waals surface area contributed by atoms with Crippen LogP contribution in [0.1, 0.15) is 47.2 Å². The summed E-state index contributed by atoms with van der Waals surface area (Å²) in [7, 11) is 8.74. The van der Waals surface area contributed by atoms with Gasteiger partial charge in [-0.2, -0.15) is 0 Å². The molecule has 0 amide bonds. The second kappa shape index (κ2) is 13.3. The Labute approximate surface area is 232 Å². The third kappa shape index (κ3) is 7.20. The van der Waals surface area contributed by atoms with Crippen molar-refractivity contribution in [1.82, 2.24) is 0 Å². The maximum Gasteiger partial charge on any atom is 0.113 e. The first-order valence-electron chi connectivity index (χ1n) is 14.0. The minimum Gasteiger partial charge on any atom is -0.334 e. The summed E-state index contributed by atoms with van der Waals surface area (Å²) < 4.78 is 0. The minimum absolute atomic E-state index is 0.439. The Bertz CT molecular complexity index is 1140. The molecule has 0 aliphatic rings. The van der Waals surface area contributed by atoms with Crippen LogP contribution in [-0.4, -0.2) is 33.8 Å². The van der Waals surface area contributed by atoms with Gasteiger partial charge in [0, 0.05) is 24.0 Å². The zero-order chi connectivity index (χ0) is 27.1. The summed E-state index contributed by atoms with van der Waals surface area (Å²) >= 11 is 0. The van der Waals surface area contributed by atoms with Crippen molar-refractivity contribution >= 4 is 18.5 Å². The molecule has 198 valence electrons. The van der Waals surface area contributed by atoms with Crippen molar-refractivity contribution < 1.29 is 9.80 Å². The van der Waals surface area contributed by atoms with Gasteiger partial charge in [0.15, 0.2) is 0 Å². The number of rotatable bonds is 11. The van der Waals surface area contributed by atoms with Gasteiger partial charge in [-0.1, -0.05) is 120 Å². The summed E-state index contributed by atoms with van der Waals surface area (Å²) in [6.07, 6.45) is 2.30. The van der Waals surface area contributed by atoms with Gasteiger partial charge in [-0.25, -0.2) is 0 Å². The van der Waals surface area contributed by atoms with E-state index in [1.807, 2.05) is 0 Å². The normalized spacial score (nSPS) is 14.1. The van der Waals surface area contributed by atoms with Crippen molar-refractivity contribution in [2.24, 2.45) is 0 Å². The first kappa shape index (κ1) is 28.2. The van der Waals surface area contributed by atoms with Crippen LogP contribution in [0.15, 0.2) is 109 Å². The Morgan fingerprint density at radius 2 is 0.842 bits per heavy atom. The molecular formula is C35H45N2P+2. The van der Waals surface area contributed by atoms with E-state index in [2.05, 4.69) is 151 Å². The van der Waals surface area contributed by atoms with E-state index in [-0.39, 0.29) is 0 Å². The average molecular weight is 525 g/mol. The molecule has 4 aromatic rings. The summed E-state index contributed by atoms with van der Waals surface area (Å²) in [6, 6.07) is 42.0. The largest absolute Gasteiger partial charge is 0.334 e. The summed E-state index contributed by atoms with van der Waals surface area (Å²) in [5.74, 6) is 0. The molecule has 2 nitrogen and oxygen atoms in total. The molecule has 4 rings (SSSR count). The van der Waals surface area contributed by atoms with Crippen LogP contribution in [0.5, 0.6) is 0 Å². The van der Waals surface area contributed by atoms with Crippen LogP contribution < -0.4 is 20.4 Å². The molecule has 0 spiro atoms. The van der Waals surface area contributed by atoms with Gasteiger partial charge >= 0.3 is 0 Å². The van der Waals surface area contributed by atoms with Crippen LogP contribution >= 0.6 is 7.92 Å². The van der Waals surface area contributed by atoms with E-state index in [0.29, 0.717) is 17.7 Å². The van der Waals surface area contributed by atoms with Gasteiger partial charge in [-0.05, 0) is 38.0 Å². The smallest absolute Gasteiger partial charge is 0.113 e. The van der Waals surface area contributed by atoms with E-state index in [1.165, 1.54) is 42.7 Å². The molecule has 0 aliphatic carbocycles. The third-order valence-electron chi connectivity index (χ3n) is 7.80. The van der Waals surface area contributed by atoms with Crippen LogP contribution in [0.4, 0.5) is 0 Å². The fourth-order valence-corrected chi connectivity index (χ4v) is 8.58. The fraction of sp³-hybridized carbons (Fsp3) is 0.314. The van der Waals surface area contributed by atoms with Crippen molar-refractivity contribution in [3.63, 3.8) is 0 Å². The Balaban J connectivity index is 1.81. The zero-order valence-electron chi connectivity index (χ0n) is 24.0. The number of quaternary nitrogens is 2. The lowest BCUT2D eigenvalue weighted by Gasteiger charge is -2.35. The van der Waals surface area contributed by atoms with Crippen LogP contribution in [0, 0.1) is 13.8 Å². The Hall–Kier alpha value is -2.77. The first-order chi connectivity index (χ1) is 18.3. The lowest BCUT2D eigenvalue weighted by atomic mass is 9.94. The van der Waals surface area contributed by atoms with E-state index in [4.69, 9.17) is 0 Å². The van der Waals surface area contributed by atoms with Crippen molar-refractivity contribution in [2.75, 3.05) is 28.2 Å². The van der Waals surface area contributed by atoms with Gasteiger partial charge in [-0.3, -0.25) is 0 Å². The van der Waals surface area contributed by atoms with Crippen molar-refractivity contribution in [2.45, 2.75) is 44.4 Å². The average Bonchev–Trinajstić information content (AvgIpc) is 2.92. The first-order valence-corrected chi connectivity index (χ1v) is 15.4. The molecule has 0 radical (unpaired) electrons. The third-order valence-corrected chi connectivity index (χ3v) is 10.7. The molecule has 3 heteroatoms. The van der Waals surface area contributed by atoms with Gasteiger partial charge in [0.1, 0.15) is 12.1 Å². The molecule has 0 fully saturated rings. The number of hydrogen-bond acceptors (Lipinski definition) is 0. The van der Waals surface area contributed by atoms with Crippen LogP contribution in [0.2, 0.25) is 0 Å². The summed E-state index contributed by atoms with van der Waals surface area (Å²) in [6.45, 7) is 4.36. The molecule has 0 saturated carbocycles. The van der Waals surface area contributed by atoms with Gasteiger partial charge in [-0.15, -0.1) is 0 Å². The number of benzene rings is 4. The van der Waals surface area contributed by atoms with Crippen LogP contribution in [-0.2, 0) is 0 Å². The molecule has 0 heterocycles. The van der Waals surface area contributed by atoms with Crippen molar-refractivity contribution in [3.05, 3.63) is 131 Å². The molecule has 0 aliphatic heterocycles. The SMILES string of the molecule is Cc1ccc(C(CC(CC(c2ccc(C)cc2)[NH+](C)C)P(c2ccccc2)c2ccccc2)[NH+](C)C)cc1.